The van der Waals surface area contributed by atoms with Crippen LogP contribution in [0.2, 0.25) is 0 Å². The van der Waals surface area contributed by atoms with Crippen LogP contribution in [0.25, 0.3) is 16.9 Å². The molecule has 2 aromatic heterocycles. The van der Waals surface area contributed by atoms with Gasteiger partial charge >= 0.3 is 0 Å². The Morgan fingerprint density at radius 3 is 3.11 bits per heavy atom. The first-order valence-corrected chi connectivity index (χ1v) is 6.13. The molecule has 5 heteroatoms. The largest absolute Gasteiger partial charge is 0.325 e. The molecule has 0 fully saturated rings. The highest BCUT2D eigenvalue weighted by molar-refractivity contribution is 5.79. The molecule has 0 unspecified atom stereocenters. The Labute approximate surface area is 104 Å². The molecule has 0 saturated carbocycles. The van der Waals surface area contributed by atoms with E-state index >= 15 is 0 Å². The summed E-state index contributed by atoms with van der Waals surface area (Å²) in [6, 6.07) is 8.15. The number of H-pyrrole nitrogens is 1. The molecule has 0 aliphatic carbocycles. The van der Waals surface area contributed by atoms with Gasteiger partial charge in [-0.25, -0.2) is 4.98 Å². The van der Waals surface area contributed by atoms with Gasteiger partial charge in [-0.2, -0.15) is 9.78 Å². The van der Waals surface area contributed by atoms with Crippen LogP contribution in [0.15, 0.2) is 30.5 Å². The standard InChI is InChI=1S/C13H13N5/c1-2-4-12-9(3-1)7-15-18(12)13-16-10-5-6-14-8-11(10)17-13/h1-4,7,14H,5-6,8H2,(H,16,17). The number of imidazole rings is 1. The van der Waals surface area contributed by atoms with E-state index in [-0.39, 0.29) is 0 Å². The number of nitrogens with one attached hydrogen (secondary N) is 2. The third-order valence-corrected chi connectivity index (χ3v) is 3.37. The van der Waals surface area contributed by atoms with E-state index in [0.717, 1.165) is 42.1 Å². The lowest BCUT2D eigenvalue weighted by Crippen LogP contribution is -2.23. The number of benzene rings is 1. The summed E-state index contributed by atoms with van der Waals surface area (Å²) in [6.45, 7) is 1.86. The number of para-hydroxylation sites is 1. The molecule has 0 saturated heterocycles. The molecule has 18 heavy (non-hydrogen) atoms. The number of fused-ring (bicyclic) bond motifs is 2. The Bertz CT molecular complexity index is 686. The Balaban J connectivity index is 1.89. The highest BCUT2D eigenvalue weighted by atomic mass is 15.4. The molecule has 0 atom stereocenters. The first kappa shape index (κ1) is 9.85. The van der Waals surface area contributed by atoms with Crippen LogP contribution >= 0.6 is 0 Å². The Morgan fingerprint density at radius 1 is 1.22 bits per heavy atom. The predicted molar refractivity (Wildman–Crippen MR) is 68.6 cm³/mol. The molecule has 4 rings (SSSR count). The average Bonchev–Trinajstić information content (AvgIpc) is 3.02. The fraction of sp³-hybridized carbons (Fsp3) is 0.231. The lowest BCUT2D eigenvalue weighted by atomic mass is 10.2. The highest BCUT2D eigenvalue weighted by Crippen LogP contribution is 2.18. The van der Waals surface area contributed by atoms with Crippen LogP contribution in [0.3, 0.4) is 0 Å². The van der Waals surface area contributed by atoms with Crippen LogP contribution in [-0.4, -0.2) is 26.3 Å². The summed E-state index contributed by atoms with van der Waals surface area (Å²) in [5.74, 6) is 0.810. The Kier molecular flexibility index (Phi) is 2.01. The van der Waals surface area contributed by atoms with Gasteiger partial charge < -0.3 is 10.3 Å². The Hall–Kier alpha value is -2.14. The maximum atomic E-state index is 4.65. The van der Waals surface area contributed by atoms with E-state index in [1.807, 2.05) is 23.0 Å². The summed E-state index contributed by atoms with van der Waals surface area (Å²) in [5.41, 5.74) is 3.41. The molecule has 5 nitrogen and oxygen atoms in total. The minimum absolute atomic E-state index is 0.810. The van der Waals surface area contributed by atoms with Gasteiger partial charge in [0.1, 0.15) is 0 Å². The predicted octanol–water partition coefficient (Wildman–Crippen LogP) is 1.39. The molecule has 1 aromatic carbocycles. The van der Waals surface area contributed by atoms with E-state index < -0.39 is 0 Å². The molecule has 0 bridgehead atoms. The molecule has 0 radical (unpaired) electrons. The number of aromatic amines is 1. The number of nitrogens with zero attached hydrogens (tertiary/aromatic N) is 3. The summed E-state index contributed by atoms with van der Waals surface area (Å²) in [6.07, 6.45) is 2.85. The van der Waals surface area contributed by atoms with E-state index in [2.05, 4.69) is 32.5 Å². The van der Waals surface area contributed by atoms with E-state index in [4.69, 9.17) is 0 Å². The zero-order chi connectivity index (χ0) is 11.9. The van der Waals surface area contributed by atoms with E-state index in [0.29, 0.717) is 0 Å². The molecular formula is C13H13N5. The minimum Gasteiger partial charge on any atom is -0.325 e. The van der Waals surface area contributed by atoms with Gasteiger partial charge in [-0.1, -0.05) is 18.2 Å². The smallest absolute Gasteiger partial charge is 0.229 e. The van der Waals surface area contributed by atoms with Gasteiger partial charge in [-0.3, -0.25) is 0 Å². The van der Waals surface area contributed by atoms with Gasteiger partial charge in [0.15, 0.2) is 0 Å². The molecule has 3 heterocycles. The molecule has 1 aliphatic rings. The molecule has 2 N–H and O–H groups in total. The van der Waals surface area contributed by atoms with E-state index in [1.54, 1.807) is 0 Å². The number of hydrogen-bond acceptors (Lipinski definition) is 3. The van der Waals surface area contributed by atoms with Crippen molar-refractivity contribution in [1.82, 2.24) is 25.1 Å². The second kappa shape index (κ2) is 3.68. The van der Waals surface area contributed by atoms with Gasteiger partial charge in [0.05, 0.1) is 23.1 Å². The molecule has 0 spiro atoms. The molecule has 3 aromatic rings. The number of aromatic nitrogens is 4. The molecule has 1 aliphatic heterocycles. The van der Waals surface area contributed by atoms with Crippen molar-refractivity contribution in [3.63, 3.8) is 0 Å². The fourth-order valence-corrected chi connectivity index (χ4v) is 2.44. The van der Waals surface area contributed by atoms with Gasteiger partial charge in [0, 0.05) is 24.9 Å². The van der Waals surface area contributed by atoms with Crippen molar-refractivity contribution >= 4 is 10.9 Å². The van der Waals surface area contributed by atoms with Crippen molar-refractivity contribution in [1.29, 1.82) is 0 Å². The molecule has 0 amide bonds. The van der Waals surface area contributed by atoms with Gasteiger partial charge in [-0.15, -0.1) is 0 Å². The maximum Gasteiger partial charge on any atom is 0.229 e. The van der Waals surface area contributed by atoms with Crippen LogP contribution in [0.5, 0.6) is 0 Å². The van der Waals surface area contributed by atoms with Crippen molar-refractivity contribution in [2.24, 2.45) is 0 Å². The van der Waals surface area contributed by atoms with Crippen LogP contribution < -0.4 is 5.32 Å². The normalized spacial score (nSPS) is 14.9. The Morgan fingerprint density at radius 2 is 2.17 bits per heavy atom. The monoisotopic (exact) mass is 239 g/mol. The summed E-state index contributed by atoms with van der Waals surface area (Å²) >= 11 is 0. The summed E-state index contributed by atoms with van der Waals surface area (Å²) in [7, 11) is 0. The van der Waals surface area contributed by atoms with Crippen molar-refractivity contribution in [2.45, 2.75) is 13.0 Å². The maximum absolute atomic E-state index is 4.65. The number of rotatable bonds is 1. The topological polar surface area (TPSA) is 58.5 Å². The second-order valence-corrected chi connectivity index (χ2v) is 4.53. The van der Waals surface area contributed by atoms with Crippen molar-refractivity contribution < 1.29 is 0 Å². The quantitative estimate of drug-likeness (QED) is 0.674. The van der Waals surface area contributed by atoms with Crippen LogP contribution in [0, 0.1) is 0 Å². The van der Waals surface area contributed by atoms with Crippen LogP contribution in [0.4, 0.5) is 0 Å². The molecule has 90 valence electrons. The van der Waals surface area contributed by atoms with E-state index in [1.165, 1.54) is 5.69 Å². The second-order valence-electron chi connectivity index (χ2n) is 4.53. The van der Waals surface area contributed by atoms with Gasteiger partial charge in [0.25, 0.3) is 0 Å². The van der Waals surface area contributed by atoms with Crippen LogP contribution in [-0.2, 0) is 13.0 Å². The average molecular weight is 239 g/mol. The number of hydrogen-bond donors (Lipinski definition) is 2. The minimum atomic E-state index is 0.810. The van der Waals surface area contributed by atoms with Gasteiger partial charge in [0.2, 0.25) is 5.95 Å². The van der Waals surface area contributed by atoms with Crippen LogP contribution in [0.1, 0.15) is 11.4 Å². The third-order valence-electron chi connectivity index (χ3n) is 3.37. The van der Waals surface area contributed by atoms with Crippen molar-refractivity contribution in [2.75, 3.05) is 6.54 Å². The fourth-order valence-electron chi connectivity index (χ4n) is 2.44. The first-order chi connectivity index (χ1) is 8.92. The highest BCUT2D eigenvalue weighted by Gasteiger charge is 2.16. The molecular weight excluding hydrogens is 226 g/mol. The lowest BCUT2D eigenvalue weighted by Gasteiger charge is -2.09. The lowest BCUT2D eigenvalue weighted by molar-refractivity contribution is 0.627. The summed E-state index contributed by atoms with van der Waals surface area (Å²) in [5, 5.41) is 8.88. The SMILES string of the molecule is c1ccc2c(c1)cnn2-c1nc2c([nH]1)CNCC2. The van der Waals surface area contributed by atoms with E-state index in [9.17, 15) is 0 Å². The van der Waals surface area contributed by atoms with Crippen molar-refractivity contribution in [3.8, 4) is 5.95 Å². The zero-order valence-corrected chi connectivity index (χ0v) is 9.85. The van der Waals surface area contributed by atoms with Gasteiger partial charge in [-0.05, 0) is 6.07 Å². The summed E-state index contributed by atoms with van der Waals surface area (Å²) < 4.78 is 1.87. The third kappa shape index (κ3) is 1.37. The first-order valence-electron chi connectivity index (χ1n) is 6.13. The van der Waals surface area contributed by atoms with Crippen molar-refractivity contribution in [3.05, 3.63) is 41.9 Å². The zero-order valence-electron chi connectivity index (χ0n) is 9.85. The summed E-state index contributed by atoms with van der Waals surface area (Å²) in [4.78, 5) is 8.00.